The maximum atomic E-state index is 13.0. The van der Waals surface area contributed by atoms with Gasteiger partial charge in [0.1, 0.15) is 5.82 Å². The molecule has 0 bridgehead atoms. The molecule has 92 valence electrons. The molecule has 0 amide bonds. The average Bonchev–Trinajstić information content (AvgIpc) is 2.32. The SMILES string of the molecule is C=CCCCCCC(=O)c1ccc(F)c(C)c1. The number of carbonyl (C=O) groups excluding carboxylic acids is 1. The number of benzene rings is 1. The molecule has 2 heteroatoms. The van der Waals surface area contributed by atoms with E-state index in [0.29, 0.717) is 17.5 Å². The Morgan fingerprint density at radius 1 is 1.35 bits per heavy atom. The highest BCUT2D eigenvalue weighted by atomic mass is 19.1. The quantitative estimate of drug-likeness (QED) is 0.387. The van der Waals surface area contributed by atoms with Gasteiger partial charge in [-0.05, 0) is 49.9 Å². The summed E-state index contributed by atoms with van der Waals surface area (Å²) in [5.74, 6) is -0.153. The van der Waals surface area contributed by atoms with E-state index in [0.717, 1.165) is 25.7 Å². The van der Waals surface area contributed by atoms with Crippen molar-refractivity contribution in [3.63, 3.8) is 0 Å². The second-order valence-electron chi connectivity index (χ2n) is 4.28. The lowest BCUT2D eigenvalue weighted by Crippen LogP contribution is -2.00. The molecule has 0 aliphatic heterocycles. The van der Waals surface area contributed by atoms with E-state index < -0.39 is 0 Å². The van der Waals surface area contributed by atoms with Crippen LogP contribution in [0.3, 0.4) is 0 Å². The van der Waals surface area contributed by atoms with Gasteiger partial charge in [0.15, 0.2) is 5.78 Å². The Kier molecular flexibility index (Phi) is 5.61. The fourth-order valence-electron chi connectivity index (χ4n) is 1.71. The lowest BCUT2D eigenvalue weighted by atomic mass is 10.0. The Hall–Kier alpha value is -1.44. The van der Waals surface area contributed by atoms with Crippen LogP contribution in [0.25, 0.3) is 0 Å². The van der Waals surface area contributed by atoms with Crippen LogP contribution in [-0.4, -0.2) is 5.78 Å². The maximum Gasteiger partial charge on any atom is 0.162 e. The highest BCUT2D eigenvalue weighted by Crippen LogP contribution is 2.13. The highest BCUT2D eigenvalue weighted by molar-refractivity contribution is 5.96. The summed E-state index contributed by atoms with van der Waals surface area (Å²) in [6, 6.07) is 4.55. The number of rotatable bonds is 7. The molecule has 0 spiro atoms. The highest BCUT2D eigenvalue weighted by Gasteiger charge is 2.07. The van der Waals surface area contributed by atoms with Crippen LogP contribution in [-0.2, 0) is 0 Å². The van der Waals surface area contributed by atoms with Crippen molar-refractivity contribution in [1.82, 2.24) is 0 Å². The first-order valence-electron chi connectivity index (χ1n) is 6.05. The third-order valence-corrected chi connectivity index (χ3v) is 2.79. The van der Waals surface area contributed by atoms with Crippen LogP contribution in [0.4, 0.5) is 4.39 Å². The predicted molar refractivity (Wildman–Crippen MR) is 68.7 cm³/mol. The minimum absolute atomic E-state index is 0.103. The van der Waals surface area contributed by atoms with Crippen LogP contribution in [0.2, 0.25) is 0 Å². The second kappa shape index (κ2) is 7.00. The molecule has 0 aromatic heterocycles. The van der Waals surface area contributed by atoms with E-state index in [1.165, 1.54) is 6.07 Å². The lowest BCUT2D eigenvalue weighted by Gasteiger charge is -2.03. The molecule has 17 heavy (non-hydrogen) atoms. The number of Topliss-reactive ketones (excluding diaryl/α,β-unsaturated/α-hetero) is 1. The van der Waals surface area contributed by atoms with Crippen molar-refractivity contribution in [3.05, 3.63) is 47.8 Å². The number of carbonyl (C=O) groups is 1. The summed E-state index contributed by atoms with van der Waals surface area (Å²) in [7, 11) is 0. The van der Waals surface area contributed by atoms with Gasteiger partial charge in [-0.1, -0.05) is 12.5 Å². The summed E-state index contributed by atoms with van der Waals surface area (Å²) in [5.41, 5.74) is 1.15. The largest absolute Gasteiger partial charge is 0.294 e. The summed E-state index contributed by atoms with van der Waals surface area (Å²) in [6.07, 6.45) is 6.46. The molecular weight excluding hydrogens is 215 g/mol. The van der Waals surface area contributed by atoms with Crippen molar-refractivity contribution < 1.29 is 9.18 Å². The van der Waals surface area contributed by atoms with Gasteiger partial charge in [-0.25, -0.2) is 4.39 Å². The standard InChI is InChI=1S/C15H19FO/c1-3-4-5-6-7-8-15(17)13-9-10-14(16)12(2)11-13/h3,9-11H,1,4-8H2,2H3. The third kappa shape index (κ3) is 4.51. The number of halogens is 1. The Balaban J connectivity index is 2.41. The van der Waals surface area contributed by atoms with Gasteiger partial charge in [-0.3, -0.25) is 4.79 Å². The van der Waals surface area contributed by atoms with Gasteiger partial charge >= 0.3 is 0 Å². The Labute approximate surface area is 102 Å². The summed E-state index contributed by atoms with van der Waals surface area (Å²) in [4.78, 5) is 11.8. The molecule has 1 rings (SSSR count). The molecule has 0 N–H and O–H groups in total. The van der Waals surface area contributed by atoms with Crippen molar-refractivity contribution in [2.45, 2.75) is 39.0 Å². The first-order valence-corrected chi connectivity index (χ1v) is 6.05. The molecule has 0 aliphatic rings. The maximum absolute atomic E-state index is 13.0. The van der Waals surface area contributed by atoms with Crippen LogP contribution in [0.5, 0.6) is 0 Å². The van der Waals surface area contributed by atoms with Gasteiger partial charge in [0, 0.05) is 12.0 Å². The molecule has 0 fully saturated rings. The Morgan fingerprint density at radius 2 is 2.12 bits per heavy atom. The number of ketones is 1. The van der Waals surface area contributed by atoms with Gasteiger partial charge < -0.3 is 0 Å². The first kappa shape index (κ1) is 13.6. The number of hydrogen-bond acceptors (Lipinski definition) is 1. The normalized spacial score (nSPS) is 10.2. The van der Waals surface area contributed by atoms with Crippen LogP contribution < -0.4 is 0 Å². The molecule has 0 saturated carbocycles. The first-order chi connectivity index (χ1) is 8.15. The molecule has 0 saturated heterocycles. The molecule has 0 atom stereocenters. The summed E-state index contributed by atoms with van der Waals surface area (Å²) >= 11 is 0. The smallest absolute Gasteiger partial charge is 0.162 e. The molecule has 0 radical (unpaired) electrons. The molecule has 0 aliphatic carbocycles. The summed E-state index contributed by atoms with van der Waals surface area (Å²) in [5, 5.41) is 0. The zero-order valence-electron chi connectivity index (χ0n) is 10.3. The van der Waals surface area contributed by atoms with Crippen LogP contribution in [0, 0.1) is 12.7 Å². The summed E-state index contributed by atoms with van der Waals surface area (Å²) < 4.78 is 13.0. The van der Waals surface area contributed by atoms with Crippen molar-refractivity contribution in [1.29, 1.82) is 0 Å². The van der Waals surface area contributed by atoms with E-state index in [1.807, 2.05) is 6.08 Å². The topological polar surface area (TPSA) is 17.1 Å². The van der Waals surface area contributed by atoms with Crippen LogP contribution >= 0.6 is 0 Å². The zero-order chi connectivity index (χ0) is 12.7. The Bertz CT molecular complexity index is 396. The van der Waals surface area contributed by atoms with E-state index in [-0.39, 0.29) is 11.6 Å². The number of hydrogen-bond donors (Lipinski definition) is 0. The van der Waals surface area contributed by atoms with Gasteiger partial charge in [-0.15, -0.1) is 6.58 Å². The van der Waals surface area contributed by atoms with Crippen LogP contribution in [0.15, 0.2) is 30.9 Å². The van der Waals surface area contributed by atoms with Gasteiger partial charge in [0.25, 0.3) is 0 Å². The van der Waals surface area contributed by atoms with Crippen molar-refractivity contribution in [2.24, 2.45) is 0 Å². The van der Waals surface area contributed by atoms with Crippen molar-refractivity contribution >= 4 is 5.78 Å². The number of unbranched alkanes of at least 4 members (excludes halogenated alkanes) is 3. The molecule has 1 aromatic carbocycles. The Morgan fingerprint density at radius 3 is 2.76 bits per heavy atom. The minimum atomic E-state index is -0.257. The van der Waals surface area contributed by atoms with E-state index >= 15 is 0 Å². The van der Waals surface area contributed by atoms with Crippen molar-refractivity contribution in [2.75, 3.05) is 0 Å². The molecule has 1 nitrogen and oxygen atoms in total. The van der Waals surface area contributed by atoms with Gasteiger partial charge in [-0.2, -0.15) is 0 Å². The molecule has 1 aromatic rings. The van der Waals surface area contributed by atoms with Crippen LogP contribution in [0.1, 0.15) is 48.0 Å². The van der Waals surface area contributed by atoms with Crippen molar-refractivity contribution in [3.8, 4) is 0 Å². The predicted octanol–water partition coefficient (Wildman–Crippen LogP) is 4.45. The number of allylic oxidation sites excluding steroid dienone is 1. The number of aryl methyl sites for hydroxylation is 1. The fourth-order valence-corrected chi connectivity index (χ4v) is 1.71. The van der Waals surface area contributed by atoms with E-state index in [4.69, 9.17) is 0 Å². The second-order valence-corrected chi connectivity index (χ2v) is 4.28. The fraction of sp³-hybridized carbons (Fsp3) is 0.400. The zero-order valence-corrected chi connectivity index (χ0v) is 10.3. The van der Waals surface area contributed by atoms with E-state index in [2.05, 4.69) is 6.58 Å². The average molecular weight is 234 g/mol. The van der Waals surface area contributed by atoms with E-state index in [1.54, 1.807) is 19.1 Å². The van der Waals surface area contributed by atoms with E-state index in [9.17, 15) is 9.18 Å². The lowest BCUT2D eigenvalue weighted by molar-refractivity contribution is 0.0979. The summed E-state index contributed by atoms with van der Waals surface area (Å²) in [6.45, 7) is 5.33. The molecule has 0 unspecified atom stereocenters. The van der Waals surface area contributed by atoms with Gasteiger partial charge in [0.05, 0.1) is 0 Å². The monoisotopic (exact) mass is 234 g/mol. The minimum Gasteiger partial charge on any atom is -0.294 e. The third-order valence-electron chi connectivity index (χ3n) is 2.79. The van der Waals surface area contributed by atoms with Gasteiger partial charge in [0.2, 0.25) is 0 Å². The molecular formula is C15H19FO. The molecule has 0 heterocycles.